The van der Waals surface area contributed by atoms with Gasteiger partial charge in [0.2, 0.25) is 0 Å². The number of hydrogen-bond acceptors (Lipinski definition) is 2. The van der Waals surface area contributed by atoms with E-state index in [1.54, 1.807) is 0 Å². The van der Waals surface area contributed by atoms with Gasteiger partial charge in [-0.1, -0.05) is 62.4 Å². The molecule has 1 aliphatic heterocycles. The zero-order chi connectivity index (χ0) is 18.1. The lowest BCUT2D eigenvalue weighted by atomic mass is 9.91. The van der Waals surface area contributed by atoms with Gasteiger partial charge in [-0.15, -0.1) is 0 Å². The molecule has 2 heterocycles. The Balaban J connectivity index is 1.81. The molecule has 2 aromatic carbocycles. The number of hydrogen-bond donors (Lipinski definition) is 0. The number of rotatable bonds is 2. The van der Waals surface area contributed by atoms with Crippen molar-refractivity contribution in [3.63, 3.8) is 0 Å². The number of aromatic nitrogens is 1. The molecule has 0 spiro atoms. The van der Waals surface area contributed by atoms with Gasteiger partial charge in [0.25, 0.3) is 5.91 Å². The Morgan fingerprint density at radius 2 is 1.62 bits per heavy atom. The fourth-order valence-electron chi connectivity index (χ4n) is 4.11. The van der Waals surface area contributed by atoms with E-state index in [9.17, 15) is 4.79 Å². The molecule has 4 rings (SSSR count). The number of para-hydroxylation sites is 1. The minimum Gasteiger partial charge on any atom is -0.338 e. The van der Waals surface area contributed by atoms with Crippen molar-refractivity contribution >= 4 is 16.8 Å². The zero-order valence-electron chi connectivity index (χ0n) is 15.4. The minimum absolute atomic E-state index is 0.124. The molecule has 0 bridgehead atoms. The summed E-state index contributed by atoms with van der Waals surface area (Å²) in [6.07, 6.45) is 1.19. The summed E-state index contributed by atoms with van der Waals surface area (Å²) in [4.78, 5) is 20.2. The van der Waals surface area contributed by atoms with Crippen molar-refractivity contribution in [1.29, 1.82) is 0 Å². The third kappa shape index (κ3) is 3.22. The molecule has 3 heteroatoms. The van der Waals surface area contributed by atoms with Crippen LogP contribution >= 0.6 is 0 Å². The highest BCUT2D eigenvalue weighted by molar-refractivity contribution is 6.07. The quantitative estimate of drug-likeness (QED) is 0.654. The van der Waals surface area contributed by atoms with Crippen LogP contribution in [0.25, 0.3) is 22.2 Å². The van der Waals surface area contributed by atoms with E-state index in [0.29, 0.717) is 11.8 Å². The van der Waals surface area contributed by atoms with Crippen molar-refractivity contribution in [2.75, 3.05) is 13.1 Å². The molecule has 132 valence electrons. The standard InChI is InChI=1S/C23H24N2O/c1-16-12-17(2)15-25(14-16)23(26)20-13-22(18-8-4-3-5-9-18)24-21-11-7-6-10-19(20)21/h3-11,13,16-17H,12,14-15H2,1-2H3/t16-,17-/m1/s1. The van der Waals surface area contributed by atoms with Gasteiger partial charge in [0.1, 0.15) is 0 Å². The lowest BCUT2D eigenvalue weighted by Crippen LogP contribution is -2.42. The summed E-state index contributed by atoms with van der Waals surface area (Å²) in [6.45, 7) is 6.13. The summed E-state index contributed by atoms with van der Waals surface area (Å²) in [6, 6.07) is 20.0. The molecule has 1 aromatic heterocycles. The predicted octanol–water partition coefficient (Wildman–Crippen LogP) is 5.02. The maximum absolute atomic E-state index is 13.4. The van der Waals surface area contributed by atoms with Crippen LogP contribution in [0.15, 0.2) is 60.7 Å². The van der Waals surface area contributed by atoms with Gasteiger partial charge in [0.05, 0.1) is 16.8 Å². The number of carbonyl (C=O) groups is 1. The number of pyridine rings is 1. The van der Waals surface area contributed by atoms with Gasteiger partial charge in [-0.05, 0) is 30.4 Å². The number of carbonyl (C=O) groups excluding carboxylic acids is 1. The molecular formula is C23H24N2O. The van der Waals surface area contributed by atoms with Crippen LogP contribution in [0.3, 0.4) is 0 Å². The first-order chi connectivity index (χ1) is 12.6. The van der Waals surface area contributed by atoms with Gasteiger partial charge in [0, 0.05) is 24.0 Å². The lowest BCUT2D eigenvalue weighted by Gasteiger charge is -2.35. The Kier molecular flexibility index (Phi) is 4.46. The number of benzene rings is 2. The van der Waals surface area contributed by atoms with E-state index in [-0.39, 0.29) is 5.91 Å². The van der Waals surface area contributed by atoms with Crippen LogP contribution in [-0.2, 0) is 0 Å². The fraction of sp³-hybridized carbons (Fsp3) is 0.304. The highest BCUT2D eigenvalue weighted by Gasteiger charge is 2.27. The normalized spacial score (nSPS) is 20.3. The third-order valence-electron chi connectivity index (χ3n) is 5.17. The second-order valence-electron chi connectivity index (χ2n) is 7.59. The summed E-state index contributed by atoms with van der Waals surface area (Å²) in [5.74, 6) is 1.22. The van der Waals surface area contributed by atoms with Crippen LogP contribution in [0.1, 0.15) is 30.6 Å². The molecule has 0 radical (unpaired) electrons. The molecule has 0 saturated carbocycles. The molecule has 1 fully saturated rings. The molecule has 1 amide bonds. The maximum Gasteiger partial charge on any atom is 0.254 e. The molecule has 0 unspecified atom stereocenters. The van der Waals surface area contributed by atoms with Gasteiger partial charge in [-0.3, -0.25) is 4.79 Å². The third-order valence-corrected chi connectivity index (χ3v) is 5.17. The van der Waals surface area contributed by atoms with Crippen molar-refractivity contribution in [2.45, 2.75) is 20.3 Å². The SMILES string of the molecule is C[C@@H]1C[C@@H](C)CN(C(=O)c2cc(-c3ccccc3)nc3ccccc23)C1. The Morgan fingerprint density at radius 1 is 0.962 bits per heavy atom. The lowest BCUT2D eigenvalue weighted by molar-refractivity contribution is 0.0625. The second-order valence-corrected chi connectivity index (χ2v) is 7.59. The summed E-state index contributed by atoms with van der Waals surface area (Å²) >= 11 is 0. The van der Waals surface area contributed by atoms with E-state index in [1.165, 1.54) is 6.42 Å². The summed E-state index contributed by atoms with van der Waals surface area (Å²) < 4.78 is 0. The van der Waals surface area contributed by atoms with E-state index >= 15 is 0 Å². The van der Waals surface area contributed by atoms with Crippen LogP contribution in [-0.4, -0.2) is 28.9 Å². The molecule has 26 heavy (non-hydrogen) atoms. The monoisotopic (exact) mass is 344 g/mol. The molecule has 0 aliphatic carbocycles. The number of nitrogens with zero attached hydrogens (tertiary/aromatic N) is 2. The second kappa shape index (κ2) is 6.91. The first-order valence-electron chi connectivity index (χ1n) is 9.36. The van der Waals surface area contributed by atoms with Crippen LogP contribution < -0.4 is 0 Å². The van der Waals surface area contributed by atoms with E-state index in [2.05, 4.69) is 13.8 Å². The molecule has 1 saturated heterocycles. The van der Waals surface area contributed by atoms with Crippen molar-refractivity contribution in [2.24, 2.45) is 11.8 Å². The van der Waals surface area contributed by atoms with Crippen molar-refractivity contribution in [3.8, 4) is 11.3 Å². The van der Waals surface area contributed by atoms with E-state index < -0.39 is 0 Å². The largest absolute Gasteiger partial charge is 0.338 e. The van der Waals surface area contributed by atoms with E-state index in [4.69, 9.17) is 4.98 Å². The van der Waals surface area contributed by atoms with Crippen LogP contribution in [0, 0.1) is 11.8 Å². The first-order valence-corrected chi connectivity index (χ1v) is 9.36. The van der Waals surface area contributed by atoms with Gasteiger partial charge in [0.15, 0.2) is 0 Å². The molecule has 3 aromatic rings. The maximum atomic E-state index is 13.4. The van der Waals surface area contributed by atoms with E-state index in [1.807, 2.05) is 65.6 Å². The van der Waals surface area contributed by atoms with Crippen molar-refractivity contribution < 1.29 is 4.79 Å². The predicted molar refractivity (Wildman–Crippen MR) is 106 cm³/mol. The Hall–Kier alpha value is -2.68. The Labute approximate surface area is 154 Å². The summed E-state index contributed by atoms with van der Waals surface area (Å²) in [5.41, 5.74) is 3.52. The number of likely N-dealkylation sites (tertiary alicyclic amines) is 1. The van der Waals surface area contributed by atoms with Crippen LogP contribution in [0.2, 0.25) is 0 Å². The van der Waals surface area contributed by atoms with Crippen LogP contribution in [0.4, 0.5) is 0 Å². The fourth-order valence-corrected chi connectivity index (χ4v) is 4.11. The average molecular weight is 344 g/mol. The highest BCUT2D eigenvalue weighted by Crippen LogP contribution is 2.28. The Morgan fingerprint density at radius 3 is 2.35 bits per heavy atom. The first kappa shape index (κ1) is 16.8. The Bertz CT molecular complexity index is 925. The molecule has 0 N–H and O–H groups in total. The van der Waals surface area contributed by atoms with Gasteiger partial charge in [-0.2, -0.15) is 0 Å². The molecule has 3 nitrogen and oxygen atoms in total. The van der Waals surface area contributed by atoms with Gasteiger partial charge >= 0.3 is 0 Å². The van der Waals surface area contributed by atoms with Gasteiger partial charge < -0.3 is 4.90 Å². The number of fused-ring (bicyclic) bond motifs is 1. The molecular weight excluding hydrogens is 320 g/mol. The topological polar surface area (TPSA) is 33.2 Å². The minimum atomic E-state index is 0.124. The zero-order valence-corrected chi connectivity index (χ0v) is 15.4. The van der Waals surface area contributed by atoms with Crippen molar-refractivity contribution in [3.05, 3.63) is 66.2 Å². The highest BCUT2D eigenvalue weighted by atomic mass is 16.2. The summed E-state index contributed by atoms with van der Waals surface area (Å²) in [7, 11) is 0. The molecule has 1 aliphatic rings. The average Bonchev–Trinajstić information content (AvgIpc) is 2.66. The smallest absolute Gasteiger partial charge is 0.254 e. The summed E-state index contributed by atoms with van der Waals surface area (Å²) in [5, 5.41) is 0.933. The number of amides is 1. The van der Waals surface area contributed by atoms with Crippen LogP contribution in [0.5, 0.6) is 0 Å². The molecule has 2 atom stereocenters. The van der Waals surface area contributed by atoms with Crippen molar-refractivity contribution in [1.82, 2.24) is 9.88 Å². The number of piperidine rings is 1. The van der Waals surface area contributed by atoms with E-state index in [0.717, 1.165) is 40.8 Å². The van der Waals surface area contributed by atoms with Gasteiger partial charge in [-0.25, -0.2) is 4.98 Å².